The highest BCUT2D eigenvalue weighted by molar-refractivity contribution is 8.76. The molecule has 16 heteroatoms. The average molecular weight is 824 g/mol. The number of aromatic hydroxyl groups is 1. The van der Waals surface area contributed by atoms with Crippen LogP contribution in [0.25, 0.3) is 22.2 Å². The highest BCUT2D eigenvalue weighted by Gasteiger charge is 2.63. The van der Waals surface area contributed by atoms with Crippen LogP contribution in [0.5, 0.6) is 11.5 Å². The molecule has 8 heterocycles. The lowest BCUT2D eigenvalue weighted by Gasteiger charge is -2.42. The normalized spacial score (nSPS) is 25.2. The van der Waals surface area contributed by atoms with E-state index in [9.17, 15) is 14.7 Å². The lowest BCUT2D eigenvalue weighted by Crippen LogP contribution is -2.53. The molecule has 5 aliphatic heterocycles. The van der Waals surface area contributed by atoms with Crippen LogP contribution >= 0.6 is 21.6 Å². The van der Waals surface area contributed by atoms with Crippen molar-refractivity contribution in [2.24, 2.45) is 4.99 Å². The summed E-state index contributed by atoms with van der Waals surface area (Å²) < 4.78 is 25.3. The van der Waals surface area contributed by atoms with Crippen LogP contribution in [-0.4, -0.2) is 81.5 Å². The summed E-state index contributed by atoms with van der Waals surface area (Å²) in [5.74, 6) is 2.07. The number of allylic oxidation sites excluding steroid dienone is 1. The van der Waals surface area contributed by atoms with Gasteiger partial charge < -0.3 is 45.4 Å². The number of benzene rings is 1. The van der Waals surface area contributed by atoms with Gasteiger partial charge in [0.05, 0.1) is 29.7 Å². The van der Waals surface area contributed by atoms with E-state index < -0.39 is 29.4 Å². The van der Waals surface area contributed by atoms with Crippen molar-refractivity contribution in [3.05, 3.63) is 92.2 Å². The van der Waals surface area contributed by atoms with Crippen LogP contribution in [0.2, 0.25) is 0 Å². The van der Waals surface area contributed by atoms with Gasteiger partial charge in [0, 0.05) is 84.1 Å². The predicted octanol–water partition coefficient (Wildman–Crippen LogP) is 5.37. The third-order valence-corrected chi connectivity index (χ3v) is 14.0. The maximum absolute atomic E-state index is 14.4. The number of rotatable bonds is 5. The number of nitrogen functional groups attached to an aromatic ring is 2. The maximum Gasteiger partial charge on any atom is 0.341 e. The van der Waals surface area contributed by atoms with Gasteiger partial charge in [0.1, 0.15) is 51.6 Å². The van der Waals surface area contributed by atoms with E-state index >= 15 is 0 Å². The molecule has 4 atom stereocenters. The fourth-order valence-electron chi connectivity index (χ4n) is 8.45. The van der Waals surface area contributed by atoms with Crippen molar-refractivity contribution in [1.82, 2.24) is 20.2 Å². The van der Waals surface area contributed by atoms with E-state index in [0.29, 0.717) is 84.7 Å². The van der Waals surface area contributed by atoms with Gasteiger partial charge in [0.25, 0.3) is 0 Å². The zero-order chi connectivity index (χ0) is 40.3. The fourth-order valence-corrected chi connectivity index (χ4v) is 10.8. The van der Waals surface area contributed by atoms with Crippen molar-refractivity contribution in [3.8, 4) is 22.8 Å². The van der Waals surface area contributed by atoms with Crippen LogP contribution in [0.3, 0.4) is 0 Å². The van der Waals surface area contributed by atoms with Crippen molar-refractivity contribution in [1.29, 1.82) is 0 Å². The highest BCUT2D eigenvalue weighted by atomic mass is 33.1. The second-order valence-electron chi connectivity index (χ2n) is 15.7. The molecule has 4 aromatic rings. The molecular weight excluding hydrogens is 779 g/mol. The van der Waals surface area contributed by atoms with Gasteiger partial charge in [-0.05, 0) is 70.1 Å². The van der Waals surface area contributed by atoms with E-state index in [1.54, 1.807) is 34.6 Å². The second-order valence-corrected chi connectivity index (χ2v) is 18.3. The molecular formula is C42H45N7O7S2. The lowest BCUT2D eigenvalue weighted by molar-refractivity contribution is -0.169. The SMILES string of the molecule is CNCCC12OC1CCc1cc(N)nc(c1)-c1cc(CN3C=C4N=CC=C4C3)nc(N)c1CSSCCC1(C)Oc3cc4oc(C)cc(=O)c4c(O)c3CC1OC2=O. The molecule has 0 amide bonds. The number of anilines is 2. The Morgan fingerprint density at radius 2 is 1.95 bits per heavy atom. The van der Waals surface area contributed by atoms with Gasteiger partial charge in [0.2, 0.25) is 0 Å². The largest absolute Gasteiger partial charge is 0.507 e. The summed E-state index contributed by atoms with van der Waals surface area (Å²) in [7, 11) is 5.11. The Hall–Kier alpha value is -5.03. The second kappa shape index (κ2) is 15.0. The minimum atomic E-state index is -1.17. The van der Waals surface area contributed by atoms with Crippen LogP contribution in [0.15, 0.2) is 68.1 Å². The monoisotopic (exact) mass is 823 g/mol. The first kappa shape index (κ1) is 38.5. The predicted molar refractivity (Wildman–Crippen MR) is 226 cm³/mol. The molecule has 1 fully saturated rings. The zero-order valence-electron chi connectivity index (χ0n) is 32.5. The minimum Gasteiger partial charge on any atom is -0.507 e. The Morgan fingerprint density at radius 3 is 2.78 bits per heavy atom. The minimum absolute atomic E-state index is 0.0650. The molecule has 6 N–H and O–H groups in total. The van der Waals surface area contributed by atoms with E-state index in [1.165, 1.54) is 11.6 Å². The Balaban J connectivity index is 1.06. The number of phenolic OH excluding ortho intramolecular Hbond substituents is 1. The number of epoxide rings is 1. The molecule has 3 aromatic heterocycles. The van der Waals surface area contributed by atoms with Crippen molar-refractivity contribution in [3.63, 3.8) is 0 Å². The molecule has 0 saturated carbocycles. The molecule has 302 valence electrons. The van der Waals surface area contributed by atoms with E-state index in [4.69, 9.17) is 40.1 Å². The lowest BCUT2D eigenvalue weighted by atomic mass is 9.86. The summed E-state index contributed by atoms with van der Waals surface area (Å²) >= 11 is 0. The first-order chi connectivity index (χ1) is 27.9. The van der Waals surface area contributed by atoms with Gasteiger partial charge in [0.15, 0.2) is 11.0 Å². The molecule has 5 aliphatic rings. The number of aromatic nitrogens is 2. The number of fused-ring (bicyclic) bond motifs is 9. The third-order valence-electron chi connectivity index (χ3n) is 11.7. The number of carbonyl (C=O) groups is 1. The van der Waals surface area contributed by atoms with Gasteiger partial charge in [-0.3, -0.25) is 9.79 Å². The maximum atomic E-state index is 14.4. The number of nitrogens with two attached hydrogens (primary N) is 2. The summed E-state index contributed by atoms with van der Waals surface area (Å²) in [6.07, 6.45) is 6.83. The van der Waals surface area contributed by atoms with Crippen LogP contribution in [0.4, 0.5) is 11.6 Å². The van der Waals surface area contributed by atoms with Gasteiger partial charge in [-0.2, -0.15) is 0 Å². The number of ether oxygens (including phenoxy) is 3. The summed E-state index contributed by atoms with van der Waals surface area (Å²) in [5, 5.41) is 14.7. The Morgan fingerprint density at radius 1 is 1.09 bits per heavy atom. The van der Waals surface area contributed by atoms with Crippen molar-refractivity contribution >= 4 is 56.4 Å². The number of nitrogens with zero attached hydrogens (tertiary/aromatic N) is 4. The van der Waals surface area contributed by atoms with Crippen LogP contribution < -0.4 is 26.9 Å². The Labute approximate surface area is 342 Å². The van der Waals surface area contributed by atoms with Gasteiger partial charge in [-0.1, -0.05) is 21.6 Å². The molecule has 0 aliphatic carbocycles. The Bertz CT molecular complexity index is 2510. The number of aliphatic imine (C=N–C) groups is 1. The molecule has 0 spiro atoms. The number of pyridine rings is 2. The number of nitrogens with one attached hydrogen (secondary N) is 1. The Kier molecular flexibility index (Phi) is 9.93. The fraction of sp³-hybridized carbons (Fsp3) is 0.405. The quantitative estimate of drug-likeness (QED) is 0.114. The molecule has 4 unspecified atom stereocenters. The number of esters is 1. The zero-order valence-corrected chi connectivity index (χ0v) is 34.1. The molecule has 2 bridgehead atoms. The summed E-state index contributed by atoms with van der Waals surface area (Å²) in [6, 6.07) is 8.96. The number of phenols is 1. The van der Waals surface area contributed by atoms with Crippen LogP contribution in [0.1, 0.15) is 54.3 Å². The number of hydrogen-bond acceptors (Lipinski definition) is 16. The molecule has 1 aromatic carbocycles. The van der Waals surface area contributed by atoms with Crippen LogP contribution in [0, 0.1) is 6.92 Å². The molecule has 0 radical (unpaired) electrons. The number of aryl methyl sites for hydroxylation is 2. The first-order valence-corrected chi connectivity index (χ1v) is 21.9. The summed E-state index contributed by atoms with van der Waals surface area (Å²) in [4.78, 5) is 43.6. The third kappa shape index (κ3) is 7.09. The molecule has 14 nitrogen and oxygen atoms in total. The van der Waals surface area contributed by atoms with E-state index in [0.717, 1.165) is 34.6 Å². The smallest absolute Gasteiger partial charge is 0.341 e. The van der Waals surface area contributed by atoms with Crippen molar-refractivity contribution < 1.29 is 28.5 Å². The van der Waals surface area contributed by atoms with E-state index in [1.807, 2.05) is 38.4 Å². The van der Waals surface area contributed by atoms with Crippen molar-refractivity contribution in [2.45, 2.75) is 81.7 Å². The number of hydrogen-bond donors (Lipinski definition) is 4. The summed E-state index contributed by atoms with van der Waals surface area (Å²) in [6.45, 7) is 5.43. The van der Waals surface area contributed by atoms with E-state index in [-0.39, 0.29) is 28.6 Å². The molecule has 9 rings (SSSR count). The highest BCUT2D eigenvalue weighted by Crippen LogP contribution is 2.48. The summed E-state index contributed by atoms with van der Waals surface area (Å²) in [5.41, 5.74) is 17.7. The topological polar surface area (TPSA) is 204 Å². The average Bonchev–Trinajstić information content (AvgIpc) is 3.49. The van der Waals surface area contributed by atoms with Gasteiger partial charge in [-0.25, -0.2) is 14.8 Å². The van der Waals surface area contributed by atoms with Gasteiger partial charge >= 0.3 is 5.97 Å². The molecule has 58 heavy (non-hydrogen) atoms. The van der Waals surface area contributed by atoms with Crippen LogP contribution in [-0.2, 0) is 39.4 Å². The standard InChI is InChI=1S/C42H45N7O7S2/c1-22-12-31(50)37-33(53-22)17-32-27(38(37)51)16-35-41(2,55-32)8-11-57-58-21-28-26(15-25(47-39(28)44)19-49-18-24-6-9-46-30(24)20-49)29-13-23(14-36(43)48-29)4-5-34-42(56-34,7-10-45-3)40(52)54-35/h6,9,12-15,17,20,34-35,45,51H,4-5,7-8,10-11,16,18-19,21H2,1-3H3,(H2,43,48)(H2,44,47). The van der Waals surface area contributed by atoms with E-state index in [2.05, 4.69) is 27.5 Å². The molecule has 1 saturated heterocycles. The number of carbonyl (C=O) groups excluding carboxylic acids is 1. The van der Waals surface area contributed by atoms with Gasteiger partial charge in [-0.15, -0.1) is 0 Å². The van der Waals surface area contributed by atoms with Crippen molar-refractivity contribution in [2.75, 3.05) is 37.4 Å². The first-order valence-electron chi connectivity index (χ1n) is 19.4.